The molecule has 1 aromatic carbocycles. The Hall–Kier alpha value is -1.09. The molecule has 0 bridgehead atoms. The van der Waals surface area contributed by atoms with Crippen molar-refractivity contribution in [1.29, 1.82) is 0 Å². The van der Waals surface area contributed by atoms with Gasteiger partial charge < -0.3 is 0 Å². The second-order valence-corrected chi connectivity index (χ2v) is 3.17. The predicted octanol–water partition coefficient (Wildman–Crippen LogP) is 1.39. The predicted molar refractivity (Wildman–Crippen MR) is 54.7 cm³/mol. The van der Waals surface area contributed by atoms with Crippen LogP contribution in [0.1, 0.15) is 5.69 Å². The van der Waals surface area contributed by atoms with Gasteiger partial charge in [0.25, 0.3) is 0 Å². The monoisotopic (exact) mass is 188 g/mol. The molecule has 0 N–H and O–H groups in total. The summed E-state index contributed by atoms with van der Waals surface area (Å²) in [6.45, 7) is 1.82. The van der Waals surface area contributed by atoms with E-state index in [9.17, 15) is 0 Å². The molecule has 2 radical (unpaired) electrons. The average Bonchev–Trinajstić information content (AvgIpc) is 2.09. The Kier molecular flexibility index (Phi) is 1.96. The molecule has 0 atom stereocenters. The molecule has 1 heterocycles. The number of hydrogen-bond acceptors (Lipinski definition) is 2. The SMILES string of the molecule is [B]c1cccc2nc(C)c(Cl)nc12. The van der Waals surface area contributed by atoms with E-state index >= 15 is 0 Å². The van der Waals surface area contributed by atoms with Gasteiger partial charge in [0, 0.05) is 0 Å². The number of fused-ring (bicyclic) bond motifs is 1. The maximum Gasteiger partial charge on any atom is 0.150 e. The Balaban J connectivity index is 2.89. The van der Waals surface area contributed by atoms with Gasteiger partial charge in [0.15, 0.2) is 5.15 Å². The smallest absolute Gasteiger partial charge is 0.150 e. The van der Waals surface area contributed by atoms with E-state index in [4.69, 9.17) is 19.4 Å². The fraction of sp³-hybridized carbons (Fsp3) is 0.111. The standard InChI is InChI=1S/C9H6BClN2/c1-5-9(11)13-8-6(10)3-2-4-7(8)12-5/h2-4H,1H3. The van der Waals surface area contributed by atoms with Gasteiger partial charge in [0.05, 0.1) is 16.7 Å². The first-order valence-electron chi connectivity index (χ1n) is 3.87. The van der Waals surface area contributed by atoms with Gasteiger partial charge >= 0.3 is 0 Å². The van der Waals surface area contributed by atoms with E-state index in [-0.39, 0.29) is 0 Å². The lowest BCUT2D eigenvalue weighted by molar-refractivity contribution is 1.19. The number of para-hydroxylation sites is 1. The highest BCUT2D eigenvalue weighted by molar-refractivity contribution is 6.38. The molecule has 0 aliphatic heterocycles. The summed E-state index contributed by atoms with van der Waals surface area (Å²) in [5.74, 6) is 0. The normalized spacial score (nSPS) is 10.6. The molecule has 0 unspecified atom stereocenters. The number of halogens is 1. The van der Waals surface area contributed by atoms with Crippen molar-refractivity contribution in [1.82, 2.24) is 9.97 Å². The van der Waals surface area contributed by atoms with Crippen LogP contribution in [0.5, 0.6) is 0 Å². The summed E-state index contributed by atoms with van der Waals surface area (Å²) in [5, 5.41) is 0.408. The number of aromatic nitrogens is 2. The number of benzene rings is 1. The minimum atomic E-state index is 0.408. The van der Waals surface area contributed by atoms with E-state index in [1.165, 1.54) is 0 Å². The van der Waals surface area contributed by atoms with Gasteiger partial charge in [-0.3, -0.25) is 0 Å². The Morgan fingerprint density at radius 1 is 1.31 bits per heavy atom. The maximum absolute atomic E-state index is 5.83. The molecular formula is C9H6BClN2. The number of nitrogens with zero attached hydrogens (tertiary/aromatic N) is 2. The van der Waals surface area contributed by atoms with Gasteiger partial charge in [-0.2, -0.15) is 0 Å². The molecule has 0 amide bonds. The van der Waals surface area contributed by atoms with Gasteiger partial charge in [-0.1, -0.05) is 29.2 Å². The van der Waals surface area contributed by atoms with E-state index in [0.717, 1.165) is 11.2 Å². The maximum atomic E-state index is 5.83. The number of hydrogen-bond donors (Lipinski definition) is 0. The minimum absolute atomic E-state index is 0.408. The van der Waals surface area contributed by atoms with Crippen molar-refractivity contribution in [3.05, 3.63) is 29.0 Å². The van der Waals surface area contributed by atoms with Crippen molar-refractivity contribution in [3.63, 3.8) is 0 Å². The summed E-state index contributed by atoms with van der Waals surface area (Å²) in [5.41, 5.74) is 2.77. The van der Waals surface area contributed by atoms with Crippen molar-refractivity contribution in [3.8, 4) is 0 Å². The minimum Gasteiger partial charge on any atom is -0.248 e. The van der Waals surface area contributed by atoms with Gasteiger partial charge in [-0.05, 0) is 13.0 Å². The molecule has 0 saturated carbocycles. The molecule has 0 fully saturated rings. The van der Waals surface area contributed by atoms with Crippen LogP contribution >= 0.6 is 11.6 Å². The van der Waals surface area contributed by atoms with E-state index < -0.39 is 0 Å². The fourth-order valence-corrected chi connectivity index (χ4v) is 1.29. The van der Waals surface area contributed by atoms with Crippen molar-refractivity contribution in [2.45, 2.75) is 6.92 Å². The van der Waals surface area contributed by atoms with Crippen LogP contribution in [0.15, 0.2) is 18.2 Å². The quantitative estimate of drug-likeness (QED) is 0.584. The summed E-state index contributed by atoms with van der Waals surface area (Å²) >= 11 is 5.83. The van der Waals surface area contributed by atoms with Crippen LogP contribution in [0, 0.1) is 6.92 Å². The molecule has 4 heteroatoms. The Bertz CT molecular complexity index is 470. The Morgan fingerprint density at radius 2 is 2.08 bits per heavy atom. The summed E-state index contributed by atoms with van der Waals surface area (Å²) in [7, 11) is 5.71. The van der Waals surface area contributed by atoms with E-state index in [0.29, 0.717) is 16.1 Å². The molecule has 0 saturated heterocycles. The topological polar surface area (TPSA) is 25.8 Å². The third kappa shape index (κ3) is 1.40. The van der Waals surface area contributed by atoms with Gasteiger partial charge in [0.2, 0.25) is 0 Å². The van der Waals surface area contributed by atoms with Crippen LogP contribution in [0.25, 0.3) is 11.0 Å². The third-order valence-corrected chi connectivity index (χ3v) is 2.20. The molecule has 0 aliphatic rings. The second kappa shape index (κ2) is 3.00. The van der Waals surface area contributed by atoms with Crippen LogP contribution in [-0.2, 0) is 0 Å². The van der Waals surface area contributed by atoms with Gasteiger partial charge in [-0.15, -0.1) is 0 Å². The number of aryl methyl sites for hydroxylation is 1. The first-order chi connectivity index (χ1) is 6.18. The highest BCUT2D eigenvalue weighted by Crippen LogP contribution is 2.13. The lowest BCUT2D eigenvalue weighted by Crippen LogP contribution is -2.06. The van der Waals surface area contributed by atoms with Crippen molar-refractivity contribution in [2.75, 3.05) is 0 Å². The first-order valence-corrected chi connectivity index (χ1v) is 4.24. The zero-order valence-corrected chi connectivity index (χ0v) is 7.84. The molecule has 0 aliphatic carbocycles. The van der Waals surface area contributed by atoms with Crippen LogP contribution in [0.4, 0.5) is 0 Å². The fourth-order valence-electron chi connectivity index (χ4n) is 1.17. The average molecular weight is 188 g/mol. The Labute approximate surface area is 82.4 Å². The molecule has 0 spiro atoms. The molecule has 13 heavy (non-hydrogen) atoms. The molecule has 2 rings (SSSR count). The van der Waals surface area contributed by atoms with Crippen molar-refractivity contribution in [2.24, 2.45) is 0 Å². The summed E-state index contributed by atoms with van der Waals surface area (Å²) in [4.78, 5) is 8.41. The van der Waals surface area contributed by atoms with E-state index in [2.05, 4.69) is 9.97 Å². The third-order valence-electron chi connectivity index (χ3n) is 1.84. The van der Waals surface area contributed by atoms with Gasteiger partial charge in [-0.25, -0.2) is 9.97 Å². The summed E-state index contributed by atoms with van der Waals surface area (Å²) < 4.78 is 0. The highest BCUT2D eigenvalue weighted by atomic mass is 35.5. The van der Waals surface area contributed by atoms with E-state index in [1.54, 1.807) is 6.07 Å². The molecule has 62 valence electrons. The highest BCUT2D eigenvalue weighted by Gasteiger charge is 2.03. The second-order valence-electron chi connectivity index (χ2n) is 2.81. The molecule has 1 aromatic heterocycles. The molecule has 2 aromatic rings. The number of rotatable bonds is 0. The van der Waals surface area contributed by atoms with Crippen LogP contribution in [-0.4, -0.2) is 17.8 Å². The lowest BCUT2D eigenvalue weighted by atomic mass is 9.94. The van der Waals surface area contributed by atoms with Crippen LogP contribution in [0.3, 0.4) is 0 Å². The van der Waals surface area contributed by atoms with Gasteiger partial charge in [0.1, 0.15) is 7.85 Å². The lowest BCUT2D eigenvalue weighted by Gasteiger charge is -2.02. The summed E-state index contributed by atoms with van der Waals surface area (Å²) in [6.07, 6.45) is 0. The van der Waals surface area contributed by atoms with Crippen LogP contribution in [0.2, 0.25) is 5.15 Å². The Morgan fingerprint density at radius 3 is 2.85 bits per heavy atom. The summed E-state index contributed by atoms with van der Waals surface area (Å²) in [6, 6.07) is 5.49. The van der Waals surface area contributed by atoms with Crippen molar-refractivity contribution < 1.29 is 0 Å². The van der Waals surface area contributed by atoms with E-state index in [1.807, 2.05) is 19.1 Å². The first kappa shape index (κ1) is 8.51. The molecular weight excluding hydrogens is 182 g/mol. The van der Waals surface area contributed by atoms with Crippen LogP contribution < -0.4 is 5.46 Å². The molecule has 2 nitrogen and oxygen atoms in total. The zero-order valence-electron chi connectivity index (χ0n) is 7.08. The van der Waals surface area contributed by atoms with Crippen molar-refractivity contribution >= 4 is 35.9 Å². The largest absolute Gasteiger partial charge is 0.248 e. The zero-order chi connectivity index (χ0) is 9.42.